The van der Waals surface area contributed by atoms with Crippen LogP contribution < -0.4 is 0 Å². The van der Waals surface area contributed by atoms with Gasteiger partial charge in [0.1, 0.15) is 10.9 Å². The highest BCUT2D eigenvalue weighted by Crippen LogP contribution is 2.36. The van der Waals surface area contributed by atoms with Crippen LogP contribution in [0.4, 0.5) is 0 Å². The van der Waals surface area contributed by atoms with Gasteiger partial charge in [0, 0.05) is 0 Å². The van der Waals surface area contributed by atoms with Gasteiger partial charge in [-0.1, -0.05) is 47.5 Å². The molecular weight excluding hydrogens is 288 g/mol. The number of aromatic hydroxyl groups is 1. The zero-order valence-electron chi connectivity index (χ0n) is 12.8. The van der Waals surface area contributed by atoms with Gasteiger partial charge < -0.3 is 5.11 Å². The minimum atomic E-state index is -0.293. The number of hydrogen-bond donors (Lipinski definition) is 1. The molecular formula is C20H19OS+. The predicted octanol–water partition coefficient (Wildman–Crippen LogP) is 5.10. The molecule has 0 aliphatic carbocycles. The number of rotatable bonds is 3. The molecule has 3 aromatic rings. The predicted molar refractivity (Wildman–Crippen MR) is 92.6 cm³/mol. The summed E-state index contributed by atoms with van der Waals surface area (Å²) in [6.07, 6.45) is 0. The van der Waals surface area contributed by atoms with E-state index in [0.717, 1.165) is 4.90 Å². The van der Waals surface area contributed by atoms with Gasteiger partial charge in [-0.2, -0.15) is 0 Å². The number of hydrogen-bond acceptors (Lipinski definition) is 1. The van der Waals surface area contributed by atoms with E-state index in [9.17, 15) is 5.11 Å². The van der Waals surface area contributed by atoms with Gasteiger partial charge in [-0.3, -0.25) is 0 Å². The molecule has 22 heavy (non-hydrogen) atoms. The normalized spacial score (nSPS) is 10.9. The molecule has 0 aliphatic rings. The Morgan fingerprint density at radius 2 is 1.09 bits per heavy atom. The van der Waals surface area contributed by atoms with Crippen LogP contribution in [0.3, 0.4) is 0 Å². The fourth-order valence-electron chi connectivity index (χ4n) is 2.37. The van der Waals surface area contributed by atoms with Crippen LogP contribution in [0, 0.1) is 13.8 Å². The molecule has 0 radical (unpaired) electrons. The second-order valence-electron chi connectivity index (χ2n) is 5.40. The molecule has 3 rings (SSSR count). The quantitative estimate of drug-likeness (QED) is 0.667. The Kier molecular flexibility index (Phi) is 4.21. The van der Waals surface area contributed by atoms with Crippen molar-refractivity contribution in [3.8, 4) is 5.75 Å². The molecule has 110 valence electrons. The second-order valence-corrected chi connectivity index (χ2v) is 7.40. The third kappa shape index (κ3) is 3.02. The summed E-state index contributed by atoms with van der Waals surface area (Å²) in [6, 6.07) is 24.8. The summed E-state index contributed by atoms with van der Waals surface area (Å²) >= 11 is 0. The first-order valence-corrected chi connectivity index (χ1v) is 8.53. The van der Waals surface area contributed by atoms with E-state index in [1.165, 1.54) is 20.9 Å². The molecule has 0 aromatic heterocycles. The van der Waals surface area contributed by atoms with Gasteiger partial charge in [-0.25, -0.2) is 0 Å². The van der Waals surface area contributed by atoms with E-state index in [4.69, 9.17) is 0 Å². The van der Waals surface area contributed by atoms with Crippen molar-refractivity contribution in [2.75, 3.05) is 0 Å². The highest BCUT2D eigenvalue weighted by molar-refractivity contribution is 7.97. The molecule has 0 saturated heterocycles. The van der Waals surface area contributed by atoms with E-state index in [1.54, 1.807) is 6.07 Å². The number of phenolic OH excluding ortho intramolecular Hbond substituents is 1. The molecule has 0 bridgehead atoms. The first-order chi connectivity index (χ1) is 10.6. The molecule has 0 heterocycles. The summed E-state index contributed by atoms with van der Waals surface area (Å²) in [5.41, 5.74) is 2.49. The standard InChI is InChI=1S/C20H18OS/c1-15-7-11-17(12-8-15)22(18-13-9-16(2)10-14-18)20-6-4-3-5-19(20)21/h3-14H,1-2H3/p+1. The summed E-state index contributed by atoms with van der Waals surface area (Å²) in [7, 11) is -0.293. The molecule has 2 heteroatoms. The number of aryl methyl sites for hydroxylation is 2. The average Bonchev–Trinajstić information content (AvgIpc) is 2.53. The van der Waals surface area contributed by atoms with Gasteiger partial charge in [0.2, 0.25) is 4.90 Å². The Hall–Kier alpha value is -2.19. The first kappa shape index (κ1) is 14.7. The number of benzene rings is 3. The van der Waals surface area contributed by atoms with E-state index >= 15 is 0 Å². The summed E-state index contributed by atoms with van der Waals surface area (Å²) in [4.78, 5) is 3.40. The average molecular weight is 307 g/mol. The van der Waals surface area contributed by atoms with Crippen molar-refractivity contribution in [3.63, 3.8) is 0 Å². The number of phenols is 1. The van der Waals surface area contributed by atoms with Crippen LogP contribution in [-0.4, -0.2) is 5.11 Å². The number of para-hydroxylation sites is 1. The van der Waals surface area contributed by atoms with E-state index in [2.05, 4.69) is 62.4 Å². The van der Waals surface area contributed by atoms with Crippen molar-refractivity contribution in [1.82, 2.24) is 0 Å². The summed E-state index contributed by atoms with van der Waals surface area (Å²) in [5, 5.41) is 10.3. The van der Waals surface area contributed by atoms with Crippen LogP contribution in [0.25, 0.3) is 0 Å². The van der Waals surface area contributed by atoms with E-state index < -0.39 is 0 Å². The fourth-order valence-corrected chi connectivity index (χ4v) is 4.46. The molecule has 0 aliphatic heterocycles. The molecule has 0 unspecified atom stereocenters. The van der Waals surface area contributed by atoms with Crippen LogP contribution in [0.5, 0.6) is 5.75 Å². The van der Waals surface area contributed by atoms with E-state index in [-0.39, 0.29) is 10.9 Å². The minimum Gasteiger partial charge on any atom is -0.503 e. The molecule has 0 fully saturated rings. The maximum absolute atomic E-state index is 10.3. The molecule has 1 N–H and O–H groups in total. The Morgan fingerprint density at radius 1 is 0.636 bits per heavy atom. The Balaban J connectivity index is 2.16. The largest absolute Gasteiger partial charge is 0.503 e. The van der Waals surface area contributed by atoms with Gasteiger partial charge in [0.05, 0.1) is 0 Å². The summed E-state index contributed by atoms with van der Waals surface area (Å²) < 4.78 is 0. The van der Waals surface area contributed by atoms with Crippen molar-refractivity contribution in [2.24, 2.45) is 0 Å². The molecule has 0 spiro atoms. The highest BCUT2D eigenvalue weighted by atomic mass is 32.2. The highest BCUT2D eigenvalue weighted by Gasteiger charge is 2.31. The van der Waals surface area contributed by atoms with E-state index in [0.29, 0.717) is 5.75 Å². The molecule has 1 nitrogen and oxygen atoms in total. The van der Waals surface area contributed by atoms with Crippen molar-refractivity contribution in [3.05, 3.63) is 83.9 Å². The minimum absolute atomic E-state index is 0.293. The lowest BCUT2D eigenvalue weighted by atomic mass is 10.2. The zero-order valence-corrected chi connectivity index (χ0v) is 13.6. The van der Waals surface area contributed by atoms with Crippen molar-refractivity contribution < 1.29 is 5.11 Å². The molecule has 0 saturated carbocycles. The third-order valence-electron chi connectivity index (χ3n) is 3.60. The summed E-state index contributed by atoms with van der Waals surface area (Å²) in [6.45, 7) is 4.18. The zero-order chi connectivity index (χ0) is 15.5. The maximum Gasteiger partial charge on any atom is 0.208 e. The van der Waals surface area contributed by atoms with Crippen LogP contribution in [0.2, 0.25) is 0 Å². The molecule has 3 aromatic carbocycles. The van der Waals surface area contributed by atoms with Crippen LogP contribution in [0.15, 0.2) is 87.5 Å². The van der Waals surface area contributed by atoms with Crippen molar-refractivity contribution >= 4 is 10.9 Å². The Morgan fingerprint density at radius 3 is 1.55 bits per heavy atom. The van der Waals surface area contributed by atoms with Crippen molar-refractivity contribution in [1.29, 1.82) is 0 Å². The monoisotopic (exact) mass is 307 g/mol. The molecule has 0 amide bonds. The van der Waals surface area contributed by atoms with E-state index in [1.807, 2.05) is 18.2 Å². The van der Waals surface area contributed by atoms with Crippen molar-refractivity contribution in [2.45, 2.75) is 28.5 Å². The van der Waals surface area contributed by atoms with Crippen LogP contribution in [-0.2, 0) is 10.9 Å². The van der Waals surface area contributed by atoms with Gasteiger partial charge in [0.25, 0.3) is 0 Å². The lowest BCUT2D eigenvalue weighted by Crippen LogP contribution is -2.05. The van der Waals surface area contributed by atoms with Crippen LogP contribution in [0.1, 0.15) is 11.1 Å². The lowest BCUT2D eigenvalue weighted by Gasteiger charge is -2.09. The van der Waals surface area contributed by atoms with Crippen LogP contribution >= 0.6 is 0 Å². The Labute approximate surface area is 134 Å². The topological polar surface area (TPSA) is 20.2 Å². The van der Waals surface area contributed by atoms with Gasteiger partial charge in [-0.15, -0.1) is 0 Å². The first-order valence-electron chi connectivity index (χ1n) is 7.31. The SMILES string of the molecule is Cc1ccc([S+](c2ccc(C)cc2)c2ccccc2O)cc1. The second kappa shape index (κ2) is 6.29. The fraction of sp³-hybridized carbons (Fsp3) is 0.100. The lowest BCUT2D eigenvalue weighted by molar-refractivity contribution is 0.462. The van der Waals surface area contributed by atoms with Gasteiger partial charge >= 0.3 is 0 Å². The molecule has 0 atom stereocenters. The van der Waals surface area contributed by atoms with Gasteiger partial charge in [-0.05, 0) is 50.2 Å². The smallest absolute Gasteiger partial charge is 0.208 e. The van der Waals surface area contributed by atoms with Gasteiger partial charge in [0.15, 0.2) is 15.5 Å². The Bertz CT molecular complexity index is 715. The third-order valence-corrected chi connectivity index (χ3v) is 5.87. The summed E-state index contributed by atoms with van der Waals surface area (Å²) in [5.74, 6) is 0.354. The maximum atomic E-state index is 10.3.